The number of alkyl halides is 3. The molecule has 0 spiro atoms. The lowest BCUT2D eigenvalue weighted by molar-refractivity contribution is -0.385. The smallest absolute Gasteiger partial charge is 0.495 e. The minimum absolute atomic E-state index is 0.0774. The van der Waals surface area contributed by atoms with Crippen molar-refractivity contribution in [3.05, 3.63) is 58.1 Å². The first-order valence-corrected chi connectivity index (χ1v) is 9.01. The van der Waals surface area contributed by atoms with E-state index in [1.807, 2.05) is 0 Å². The van der Waals surface area contributed by atoms with Crippen LogP contribution in [-0.2, 0) is 16.6 Å². The van der Waals surface area contributed by atoms with Gasteiger partial charge in [-0.1, -0.05) is 12.1 Å². The van der Waals surface area contributed by atoms with Crippen LogP contribution in [0.3, 0.4) is 0 Å². The Hall–Kier alpha value is -2.86. The normalized spacial score (nSPS) is 12.1. The van der Waals surface area contributed by atoms with Crippen molar-refractivity contribution >= 4 is 15.7 Å². The first-order chi connectivity index (χ1) is 12.9. The number of methoxy groups -OCH3 is 1. The van der Waals surface area contributed by atoms with Gasteiger partial charge in [-0.3, -0.25) is 10.1 Å². The fourth-order valence-electron chi connectivity index (χ4n) is 2.29. The number of sulfonamides is 1. The van der Waals surface area contributed by atoms with E-state index in [1.54, 1.807) is 0 Å². The van der Waals surface area contributed by atoms with E-state index in [0.29, 0.717) is 5.56 Å². The number of hydrogen-bond donors (Lipinski definition) is 0. The average molecular weight is 420 g/mol. The fraction of sp³-hybridized carbons (Fsp3) is 0.250. The first kappa shape index (κ1) is 21.4. The van der Waals surface area contributed by atoms with Gasteiger partial charge in [0.1, 0.15) is 16.4 Å². The molecule has 0 radical (unpaired) electrons. The summed E-state index contributed by atoms with van der Waals surface area (Å²) in [6.45, 7) is -0.194. The Morgan fingerprint density at radius 2 is 1.75 bits per heavy atom. The van der Waals surface area contributed by atoms with Gasteiger partial charge in [0.25, 0.3) is 5.69 Å². The van der Waals surface area contributed by atoms with E-state index < -0.39 is 37.6 Å². The molecule has 0 fully saturated rings. The number of nitrogens with zero attached hydrogens (tertiary/aromatic N) is 2. The second-order valence-corrected chi connectivity index (χ2v) is 7.56. The van der Waals surface area contributed by atoms with E-state index >= 15 is 0 Å². The zero-order chi connectivity index (χ0) is 21.1. The van der Waals surface area contributed by atoms with Crippen LogP contribution in [0.2, 0.25) is 0 Å². The molecule has 2 aromatic rings. The lowest BCUT2D eigenvalue weighted by Crippen LogP contribution is -2.27. The summed E-state index contributed by atoms with van der Waals surface area (Å²) in [7, 11) is -1.73. The molecule has 8 nitrogen and oxygen atoms in total. The molecule has 0 N–H and O–H groups in total. The van der Waals surface area contributed by atoms with Gasteiger partial charge in [0.05, 0.1) is 12.0 Å². The number of ether oxygens (including phenoxy) is 2. The quantitative estimate of drug-likeness (QED) is 0.503. The molecule has 0 aliphatic heterocycles. The van der Waals surface area contributed by atoms with Gasteiger partial charge >= 0.3 is 6.36 Å². The minimum Gasteiger partial charge on any atom is -0.495 e. The number of nitro groups is 1. The molecule has 2 rings (SSSR count). The molecule has 28 heavy (non-hydrogen) atoms. The van der Waals surface area contributed by atoms with Crippen LogP contribution >= 0.6 is 0 Å². The van der Waals surface area contributed by atoms with Crippen molar-refractivity contribution in [3.8, 4) is 11.5 Å². The number of non-ortho nitro benzene ring substituents is 1. The summed E-state index contributed by atoms with van der Waals surface area (Å²) < 4.78 is 71.8. The first-order valence-electron chi connectivity index (χ1n) is 7.57. The molecule has 0 saturated carbocycles. The highest BCUT2D eigenvalue weighted by molar-refractivity contribution is 7.89. The van der Waals surface area contributed by atoms with Gasteiger partial charge in [-0.2, -0.15) is 4.31 Å². The second-order valence-electron chi connectivity index (χ2n) is 5.55. The highest BCUT2D eigenvalue weighted by Crippen LogP contribution is 2.31. The summed E-state index contributed by atoms with van der Waals surface area (Å²) in [4.78, 5) is 9.80. The maximum atomic E-state index is 12.8. The van der Waals surface area contributed by atoms with Crippen LogP contribution in [0.1, 0.15) is 5.56 Å². The Balaban J connectivity index is 2.27. The molecule has 0 unspecified atom stereocenters. The predicted octanol–water partition coefficient (Wildman–Crippen LogP) is 3.32. The average Bonchev–Trinajstić information content (AvgIpc) is 2.61. The lowest BCUT2D eigenvalue weighted by atomic mass is 10.2. The summed E-state index contributed by atoms with van der Waals surface area (Å²) in [5.74, 6) is -0.520. The molecule has 152 valence electrons. The number of rotatable bonds is 7. The summed E-state index contributed by atoms with van der Waals surface area (Å²) in [5.41, 5.74) is -0.0496. The SMILES string of the molecule is COc1ccc([N+](=O)[O-])cc1S(=O)(=O)N(C)Cc1ccc(OC(F)(F)F)cc1. The van der Waals surface area contributed by atoms with Crippen LogP contribution in [-0.4, -0.2) is 38.2 Å². The summed E-state index contributed by atoms with van der Waals surface area (Å²) in [5, 5.41) is 10.9. The third-order valence-corrected chi connectivity index (χ3v) is 5.43. The van der Waals surface area contributed by atoms with Crippen molar-refractivity contribution in [2.45, 2.75) is 17.8 Å². The van der Waals surface area contributed by atoms with E-state index in [4.69, 9.17) is 4.74 Å². The summed E-state index contributed by atoms with van der Waals surface area (Å²) in [6.07, 6.45) is -4.83. The highest BCUT2D eigenvalue weighted by atomic mass is 32.2. The number of hydrogen-bond acceptors (Lipinski definition) is 6. The molecule has 0 atom stereocenters. The number of halogens is 3. The van der Waals surface area contributed by atoms with Gasteiger partial charge in [0.2, 0.25) is 10.0 Å². The van der Waals surface area contributed by atoms with E-state index in [2.05, 4.69) is 4.74 Å². The Bertz CT molecular complexity index is 961. The molecular weight excluding hydrogens is 405 g/mol. The maximum absolute atomic E-state index is 12.8. The van der Waals surface area contributed by atoms with Gasteiger partial charge in [-0.05, 0) is 23.8 Å². The van der Waals surface area contributed by atoms with E-state index in [9.17, 15) is 31.7 Å². The van der Waals surface area contributed by atoms with Crippen molar-refractivity contribution in [3.63, 3.8) is 0 Å². The second kappa shape index (κ2) is 8.02. The number of benzene rings is 2. The van der Waals surface area contributed by atoms with E-state index in [0.717, 1.165) is 28.6 Å². The van der Waals surface area contributed by atoms with Crippen molar-refractivity contribution in [2.75, 3.05) is 14.2 Å². The topological polar surface area (TPSA) is 99.0 Å². The summed E-state index contributed by atoms with van der Waals surface area (Å²) >= 11 is 0. The Morgan fingerprint density at radius 1 is 1.14 bits per heavy atom. The van der Waals surface area contributed by atoms with Crippen molar-refractivity contribution in [2.24, 2.45) is 0 Å². The molecular formula is C16H15F3N2O6S. The van der Waals surface area contributed by atoms with Gasteiger partial charge in [0, 0.05) is 25.7 Å². The Morgan fingerprint density at radius 3 is 2.25 bits per heavy atom. The largest absolute Gasteiger partial charge is 0.573 e. The molecule has 0 aliphatic carbocycles. The van der Waals surface area contributed by atoms with Crippen molar-refractivity contribution < 1.29 is 36.0 Å². The van der Waals surface area contributed by atoms with Crippen LogP contribution < -0.4 is 9.47 Å². The number of nitro benzene ring substituents is 1. The molecule has 0 aromatic heterocycles. The van der Waals surface area contributed by atoms with Crippen LogP contribution in [0.4, 0.5) is 18.9 Å². The fourth-order valence-corrected chi connectivity index (χ4v) is 3.62. The zero-order valence-electron chi connectivity index (χ0n) is 14.6. The van der Waals surface area contributed by atoms with Crippen LogP contribution in [0.5, 0.6) is 11.5 Å². The third kappa shape index (κ3) is 5.10. The van der Waals surface area contributed by atoms with Gasteiger partial charge < -0.3 is 9.47 Å². The predicted molar refractivity (Wildman–Crippen MR) is 91.4 cm³/mol. The van der Waals surface area contributed by atoms with Gasteiger partial charge in [-0.15, -0.1) is 13.2 Å². The van der Waals surface area contributed by atoms with E-state index in [1.165, 1.54) is 32.4 Å². The molecule has 0 aliphatic rings. The van der Waals surface area contributed by atoms with Crippen LogP contribution in [0, 0.1) is 10.1 Å². The van der Waals surface area contributed by atoms with Crippen LogP contribution in [0.25, 0.3) is 0 Å². The third-order valence-electron chi connectivity index (χ3n) is 3.61. The minimum atomic E-state index is -4.83. The Labute approximate surface area is 158 Å². The Kier molecular flexibility index (Phi) is 6.14. The van der Waals surface area contributed by atoms with Crippen molar-refractivity contribution in [1.29, 1.82) is 0 Å². The monoisotopic (exact) mass is 420 g/mol. The lowest BCUT2D eigenvalue weighted by Gasteiger charge is -2.19. The molecule has 0 bridgehead atoms. The summed E-state index contributed by atoms with van der Waals surface area (Å²) in [6, 6.07) is 7.81. The van der Waals surface area contributed by atoms with Crippen molar-refractivity contribution in [1.82, 2.24) is 4.31 Å². The highest BCUT2D eigenvalue weighted by Gasteiger charge is 2.31. The zero-order valence-corrected chi connectivity index (χ0v) is 15.5. The molecule has 0 amide bonds. The molecule has 0 heterocycles. The maximum Gasteiger partial charge on any atom is 0.573 e. The molecule has 2 aromatic carbocycles. The van der Waals surface area contributed by atoms with Gasteiger partial charge in [-0.25, -0.2) is 8.42 Å². The molecule has 0 saturated heterocycles. The van der Waals surface area contributed by atoms with Crippen LogP contribution in [0.15, 0.2) is 47.4 Å². The standard InChI is InChI=1S/C16H15F3N2O6S/c1-20(10-11-3-6-13(7-4-11)27-16(17,18)19)28(24,25)15-9-12(21(22)23)5-8-14(15)26-2/h3-9H,10H2,1-2H3. The van der Waals surface area contributed by atoms with Gasteiger partial charge in [0.15, 0.2) is 0 Å². The molecule has 12 heteroatoms. The van der Waals surface area contributed by atoms with E-state index in [-0.39, 0.29) is 12.3 Å².